The molecule has 0 spiro atoms. The van der Waals surface area contributed by atoms with Crippen LogP contribution in [0.5, 0.6) is 34.5 Å². The average Bonchev–Trinajstić information content (AvgIpc) is 2.78. The SMILES string of the molecule is C/C=C/c1cc(OC)c(OC(C)C(OC(C)=O)c2cc(OC)c(O)c(OC)c2)c(OC)c1. The van der Waals surface area contributed by atoms with Gasteiger partial charge in [-0.25, -0.2) is 0 Å². The first-order valence-electron chi connectivity index (χ1n) is 9.96. The van der Waals surface area contributed by atoms with E-state index in [1.54, 1.807) is 19.1 Å². The molecule has 2 rings (SSSR count). The van der Waals surface area contributed by atoms with Gasteiger partial charge in [-0.15, -0.1) is 0 Å². The summed E-state index contributed by atoms with van der Waals surface area (Å²) in [6.07, 6.45) is 2.29. The van der Waals surface area contributed by atoms with Gasteiger partial charge in [0, 0.05) is 12.5 Å². The predicted molar refractivity (Wildman–Crippen MR) is 120 cm³/mol. The van der Waals surface area contributed by atoms with E-state index in [0.717, 1.165) is 5.56 Å². The van der Waals surface area contributed by atoms with Crippen LogP contribution < -0.4 is 23.7 Å². The average molecular weight is 446 g/mol. The molecule has 0 bridgehead atoms. The fraction of sp³-hybridized carbons (Fsp3) is 0.375. The lowest BCUT2D eigenvalue weighted by atomic mass is 10.0. The summed E-state index contributed by atoms with van der Waals surface area (Å²) < 4.78 is 33.2. The van der Waals surface area contributed by atoms with E-state index in [2.05, 4.69) is 0 Å². The molecule has 0 aliphatic carbocycles. The number of esters is 1. The molecule has 32 heavy (non-hydrogen) atoms. The van der Waals surface area contributed by atoms with Gasteiger partial charge >= 0.3 is 5.97 Å². The van der Waals surface area contributed by atoms with Crippen molar-refractivity contribution >= 4 is 12.0 Å². The van der Waals surface area contributed by atoms with E-state index in [-0.39, 0.29) is 17.2 Å². The Morgan fingerprint density at radius 2 is 1.41 bits per heavy atom. The van der Waals surface area contributed by atoms with Crippen LogP contribution in [0.25, 0.3) is 6.08 Å². The van der Waals surface area contributed by atoms with E-state index in [0.29, 0.717) is 22.8 Å². The summed E-state index contributed by atoms with van der Waals surface area (Å²) >= 11 is 0. The second-order valence-electron chi connectivity index (χ2n) is 6.88. The van der Waals surface area contributed by atoms with Gasteiger partial charge in [0.1, 0.15) is 6.10 Å². The highest BCUT2D eigenvalue weighted by molar-refractivity contribution is 5.67. The molecule has 0 aliphatic heterocycles. The summed E-state index contributed by atoms with van der Waals surface area (Å²) in [5, 5.41) is 10.2. The number of hydrogen-bond acceptors (Lipinski definition) is 8. The zero-order valence-electron chi connectivity index (χ0n) is 19.4. The summed E-state index contributed by atoms with van der Waals surface area (Å²) in [7, 11) is 5.90. The molecule has 8 heteroatoms. The summed E-state index contributed by atoms with van der Waals surface area (Å²) in [4.78, 5) is 11.9. The van der Waals surface area contributed by atoms with Crippen LogP contribution in [0.2, 0.25) is 0 Å². The van der Waals surface area contributed by atoms with Crippen LogP contribution in [0.1, 0.15) is 38.0 Å². The Bertz CT molecular complexity index is 916. The third kappa shape index (κ3) is 5.57. The molecule has 1 N–H and O–H groups in total. The van der Waals surface area contributed by atoms with Crippen molar-refractivity contribution in [1.82, 2.24) is 0 Å². The van der Waals surface area contributed by atoms with Gasteiger partial charge in [-0.2, -0.15) is 0 Å². The molecule has 0 fully saturated rings. The Labute approximate surface area is 188 Å². The molecule has 2 atom stereocenters. The van der Waals surface area contributed by atoms with Gasteiger partial charge in [-0.05, 0) is 43.7 Å². The summed E-state index contributed by atoms with van der Waals surface area (Å²) in [5.41, 5.74) is 1.40. The van der Waals surface area contributed by atoms with Crippen molar-refractivity contribution in [2.75, 3.05) is 28.4 Å². The van der Waals surface area contributed by atoms with Crippen LogP contribution in [-0.4, -0.2) is 45.6 Å². The summed E-state index contributed by atoms with van der Waals surface area (Å²) in [5.74, 6) is 0.990. The largest absolute Gasteiger partial charge is 0.502 e. The standard InChI is InChI=1S/C24H30O8/c1-8-9-16-10-20(29-6)24(21(11-16)30-7)31-14(2)23(32-15(3)25)17-12-18(27-4)22(26)19(13-17)28-5/h8-14,23,26H,1-7H3/b9-8+. The minimum absolute atomic E-state index is 0.156. The van der Waals surface area contributed by atoms with E-state index < -0.39 is 18.2 Å². The van der Waals surface area contributed by atoms with Gasteiger partial charge in [-0.3, -0.25) is 4.79 Å². The number of methoxy groups -OCH3 is 4. The number of allylic oxidation sites excluding steroid dienone is 1. The van der Waals surface area contributed by atoms with Crippen LogP contribution >= 0.6 is 0 Å². The molecule has 0 radical (unpaired) electrons. The second-order valence-corrected chi connectivity index (χ2v) is 6.88. The number of phenols is 1. The van der Waals surface area contributed by atoms with Gasteiger partial charge < -0.3 is 33.5 Å². The number of rotatable bonds is 10. The van der Waals surface area contributed by atoms with Crippen molar-refractivity contribution in [3.63, 3.8) is 0 Å². The van der Waals surface area contributed by atoms with Crippen molar-refractivity contribution in [2.45, 2.75) is 33.0 Å². The van der Waals surface area contributed by atoms with Crippen molar-refractivity contribution in [1.29, 1.82) is 0 Å². The quantitative estimate of drug-likeness (QED) is 0.532. The lowest BCUT2D eigenvalue weighted by molar-refractivity contribution is -0.151. The minimum atomic E-state index is -0.847. The van der Waals surface area contributed by atoms with Crippen molar-refractivity contribution in [3.8, 4) is 34.5 Å². The molecule has 2 aromatic rings. The number of phenolic OH excluding ortho intramolecular Hbond substituents is 1. The van der Waals surface area contributed by atoms with Crippen molar-refractivity contribution in [3.05, 3.63) is 41.5 Å². The van der Waals surface area contributed by atoms with E-state index in [4.69, 9.17) is 28.4 Å². The fourth-order valence-corrected chi connectivity index (χ4v) is 3.24. The Morgan fingerprint density at radius 1 is 0.906 bits per heavy atom. The molecule has 174 valence electrons. The second kappa shape index (κ2) is 11.2. The van der Waals surface area contributed by atoms with Crippen LogP contribution in [-0.2, 0) is 9.53 Å². The number of carbonyl (C=O) groups is 1. The topological polar surface area (TPSA) is 92.7 Å². The Hall–Kier alpha value is -3.55. The monoisotopic (exact) mass is 446 g/mol. The zero-order chi connectivity index (χ0) is 23.8. The maximum absolute atomic E-state index is 11.9. The third-order valence-corrected chi connectivity index (χ3v) is 4.70. The molecule has 0 amide bonds. The number of benzene rings is 2. The number of hydrogen-bond donors (Lipinski definition) is 1. The van der Waals surface area contributed by atoms with Crippen LogP contribution in [0.3, 0.4) is 0 Å². The first-order valence-corrected chi connectivity index (χ1v) is 9.96. The highest BCUT2D eigenvalue weighted by Gasteiger charge is 2.29. The first-order chi connectivity index (χ1) is 15.3. The molecular formula is C24H30O8. The summed E-state index contributed by atoms with van der Waals surface area (Å²) in [6, 6.07) is 6.76. The van der Waals surface area contributed by atoms with Gasteiger partial charge in [0.15, 0.2) is 29.1 Å². The predicted octanol–water partition coefficient (Wildman–Crippen LogP) is 4.53. The van der Waals surface area contributed by atoms with Gasteiger partial charge in [0.25, 0.3) is 0 Å². The van der Waals surface area contributed by atoms with Crippen molar-refractivity contribution in [2.24, 2.45) is 0 Å². The minimum Gasteiger partial charge on any atom is -0.502 e. The smallest absolute Gasteiger partial charge is 0.303 e. The van der Waals surface area contributed by atoms with Gasteiger partial charge in [0.2, 0.25) is 11.5 Å². The number of aromatic hydroxyl groups is 1. The van der Waals surface area contributed by atoms with Crippen molar-refractivity contribution < 1.29 is 38.3 Å². The molecule has 2 unspecified atom stereocenters. The first kappa shape index (κ1) is 24.7. The maximum atomic E-state index is 11.9. The van der Waals surface area contributed by atoms with E-state index >= 15 is 0 Å². The molecule has 0 saturated heterocycles. The van der Waals surface area contributed by atoms with Gasteiger partial charge in [-0.1, -0.05) is 12.2 Å². The lowest BCUT2D eigenvalue weighted by Gasteiger charge is -2.27. The van der Waals surface area contributed by atoms with Crippen LogP contribution in [0.4, 0.5) is 0 Å². The number of carbonyl (C=O) groups excluding carboxylic acids is 1. The van der Waals surface area contributed by atoms with Gasteiger partial charge in [0.05, 0.1) is 28.4 Å². The Balaban J connectivity index is 2.52. The molecule has 0 aliphatic rings. The Morgan fingerprint density at radius 3 is 1.81 bits per heavy atom. The highest BCUT2D eigenvalue weighted by Crippen LogP contribution is 2.43. The Kier molecular flexibility index (Phi) is 8.63. The third-order valence-electron chi connectivity index (χ3n) is 4.70. The highest BCUT2D eigenvalue weighted by atomic mass is 16.6. The molecule has 2 aromatic carbocycles. The van der Waals surface area contributed by atoms with E-state index in [9.17, 15) is 9.90 Å². The maximum Gasteiger partial charge on any atom is 0.303 e. The molecule has 8 nitrogen and oxygen atoms in total. The molecular weight excluding hydrogens is 416 g/mol. The number of ether oxygens (including phenoxy) is 6. The normalized spacial score (nSPS) is 12.7. The molecule has 0 saturated carbocycles. The zero-order valence-corrected chi connectivity index (χ0v) is 19.4. The van der Waals surface area contributed by atoms with Crippen LogP contribution in [0, 0.1) is 0 Å². The van der Waals surface area contributed by atoms with E-state index in [1.165, 1.54) is 35.4 Å². The lowest BCUT2D eigenvalue weighted by Crippen LogP contribution is -2.26. The van der Waals surface area contributed by atoms with E-state index in [1.807, 2.05) is 31.2 Å². The summed E-state index contributed by atoms with van der Waals surface area (Å²) in [6.45, 7) is 4.97. The molecule has 0 heterocycles. The van der Waals surface area contributed by atoms with Crippen LogP contribution in [0.15, 0.2) is 30.3 Å². The fourth-order valence-electron chi connectivity index (χ4n) is 3.24. The molecule has 0 aromatic heterocycles.